The van der Waals surface area contributed by atoms with E-state index in [1.165, 1.54) is 0 Å². The van der Waals surface area contributed by atoms with E-state index in [9.17, 15) is 9.70 Å². The molecule has 1 aromatic heterocycles. The Hall–Kier alpha value is -2.04. The average molecular weight is 271 g/mol. The van der Waals surface area contributed by atoms with Gasteiger partial charge in [0, 0.05) is 13.0 Å². The van der Waals surface area contributed by atoms with Crippen molar-refractivity contribution in [2.45, 2.75) is 39.8 Å². The van der Waals surface area contributed by atoms with Crippen LogP contribution in [-0.2, 0) is 19.5 Å². The van der Waals surface area contributed by atoms with Gasteiger partial charge >= 0.3 is 0 Å². The standard InChI is InChI=1S/C15H17N3O2/c1-15(2)6-5-13-17-12-7-10(8-16-20)3-4-11(12)14(19)18(13)9-15/h3-4,7H,5-6,8-9H2,1-2H3. The number of hydrogen-bond acceptors (Lipinski definition) is 4. The summed E-state index contributed by atoms with van der Waals surface area (Å²) in [5, 5.41) is 3.49. The number of hydrogen-bond donors (Lipinski definition) is 0. The Labute approximate surface area is 116 Å². The Morgan fingerprint density at radius 2 is 2.20 bits per heavy atom. The molecule has 104 valence electrons. The Balaban J connectivity index is 2.20. The lowest BCUT2D eigenvalue weighted by Crippen LogP contribution is -2.36. The van der Waals surface area contributed by atoms with E-state index < -0.39 is 0 Å². The maximum Gasteiger partial charge on any atom is 0.261 e. The lowest BCUT2D eigenvalue weighted by Gasteiger charge is -2.31. The first-order valence-electron chi connectivity index (χ1n) is 6.82. The van der Waals surface area contributed by atoms with E-state index in [1.54, 1.807) is 22.8 Å². The van der Waals surface area contributed by atoms with Crippen LogP contribution in [0.5, 0.6) is 0 Å². The number of benzene rings is 1. The molecule has 5 heteroatoms. The molecule has 0 aliphatic carbocycles. The molecule has 0 unspecified atom stereocenters. The first-order valence-corrected chi connectivity index (χ1v) is 6.82. The Morgan fingerprint density at radius 1 is 1.40 bits per heavy atom. The monoisotopic (exact) mass is 271 g/mol. The van der Waals surface area contributed by atoms with Crippen LogP contribution in [0.3, 0.4) is 0 Å². The fourth-order valence-corrected chi connectivity index (χ4v) is 2.80. The molecule has 0 atom stereocenters. The molecule has 0 fully saturated rings. The van der Waals surface area contributed by atoms with Crippen LogP contribution in [0.4, 0.5) is 0 Å². The van der Waals surface area contributed by atoms with Gasteiger partial charge in [-0.05, 0) is 29.5 Å². The summed E-state index contributed by atoms with van der Waals surface area (Å²) in [6, 6.07) is 5.31. The first-order chi connectivity index (χ1) is 9.50. The van der Waals surface area contributed by atoms with Gasteiger partial charge in [0.05, 0.1) is 10.9 Å². The van der Waals surface area contributed by atoms with Gasteiger partial charge in [0.15, 0.2) is 0 Å². The van der Waals surface area contributed by atoms with Gasteiger partial charge in [0.2, 0.25) is 0 Å². The molecule has 0 radical (unpaired) electrons. The van der Waals surface area contributed by atoms with Gasteiger partial charge in [-0.3, -0.25) is 9.36 Å². The highest BCUT2D eigenvalue weighted by Crippen LogP contribution is 2.29. The Bertz CT molecular complexity index is 747. The van der Waals surface area contributed by atoms with Crippen LogP contribution in [0, 0.1) is 10.3 Å². The number of fused-ring (bicyclic) bond motifs is 2. The largest absolute Gasteiger partial charge is 0.296 e. The van der Waals surface area contributed by atoms with E-state index in [1.807, 2.05) is 0 Å². The summed E-state index contributed by atoms with van der Waals surface area (Å²) < 4.78 is 1.80. The van der Waals surface area contributed by atoms with Crippen molar-refractivity contribution >= 4 is 10.9 Å². The molecule has 0 N–H and O–H groups in total. The van der Waals surface area contributed by atoms with Crippen molar-refractivity contribution in [2.24, 2.45) is 10.6 Å². The maximum absolute atomic E-state index is 12.6. The summed E-state index contributed by atoms with van der Waals surface area (Å²) >= 11 is 0. The summed E-state index contributed by atoms with van der Waals surface area (Å²) in [4.78, 5) is 27.5. The number of aromatic nitrogens is 2. The normalized spacial score (nSPS) is 16.9. The quantitative estimate of drug-likeness (QED) is 0.789. The van der Waals surface area contributed by atoms with E-state index in [2.05, 4.69) is 24.0 Å². The fourth-order valence-electron chi connectivity index (χ4n) is 2.80. The van der Waals surface area contributed by atoms with Crippen LogP contribution in [0.2, 0.25) is 0 Å². The molecule has 5 nitrogen and oxygen atoms in total. The topological polar surface area (TPSA) is 64.3 Å². The second-order valence-corrected chi connectivity index (χ2v) is 6.22. The molecule has 0 amide bonds. The summed E-state index contributed by atoms with van der Waals surface area (Å²) in [5.41, 5.74) is 1.61. The zero-order chi connectivity index (χ0) is 14.3. The van der Waals surface area contributed by atoms with Gasteiger partial charge in [-0.1, -0.05) is 25.1 Å². The van der Waals surface area contributed by atoms with Crippen molar-refractivity contribution in [2.75, 3.05) is 0 Å². The van der Waals surface area contributed by atoms with Crippen molar-refractivity contribution in [1.29, 1.82) is 0 Å². The summed E-state index contributed by atoms with van der Waals surface area (Å²) in [6.07, 6.45) is 1.84. The number of nitroso groups, excluding NO2 is 1. The third-order valence-corrected chi connectivity index (χ3v) is 3.96. The number of nitrogens with zero attached hydrogens (tertiary/aromatic N) is 3. The van der Waals surface area contributed by atoms with Crippen molar-refractivity contribution in [1.82, 2.24) is 9.55 Å². The van der Waals surface area contributed by atoms with Gasteiger partial charge < -0.3 is 0 Å². The van der Waals surface area contributed by atoms with Crippen LogP contribution in [0.1, 0.15) is 31.7 Å². The van der Waals surface area contributed by atoms with Gasteiger partial charge in [-0.15, -0.1) is 0 Å². The molecule has 0 bridgehead atoms. The maximum atomic E-state index is 12.6. The summed E-state index contributed by atoms with van der Waals surface area (Å²) in [6.45, 7) is 5.17. The average Bonchev–Trinajstić information content (AvgIpc) is 2.40. The summed E-state index contributed by atoms with van der Waals surface area (Å²) in [5.74, 6) is 0.845. The molecule has 0 spiro atoms. The molecule has 1 aliphatic rings. The van der Waals surface area contributed by atoms with Crippen molar-refractivity contribution < 1.29 is 0 Å². The second kappa shape index (κ2) is 4.51. The van der Waals surface area contributed by atoms with Crippen LogP contribution in [0.15, 0.2) is 28.2 Å². The van der Waals surface area contributed by atoms with Crippen molar-refractivity contribution in [3.05, 3.63) is 44.8 Å². The third kappa shape index (κ3) is 2.13. The zero-order valence-corrected chi connectivity index (χ0v) is 11.7. The second-order valence-electron chi connectivity index (χ2n) is 6.22. The molecular formula is C15H17N3O2. The molecule has 1 aliphatic heterocycles. The van der Waals surface area contributed by atoms with Crippen molar-refractivity contribution in [3.63, 3.8) is 0 Å². The van der Waals surface area contributed by atoms with Gasteiger partial charge in [0.25, 0.3) is 5.56 Å². The van der Waals surface area contributed by atoms with Crippen LogP contribution >= 0.6 is 0 Å². The molecule has 0 saturated heterocycles. The fraction of sp³-hybridized carbons (Fsp3) is 0.467. The number of rotatable bonds is 2. The zero-order valence-electron chi connectivity index (χ0n) is 11.7. The third-order valence-electron chi connectivity index (χ3n) is 3.96. The van der Waals surface area contributed by atoms with Crippen LogP contribution in [-0.4, -0.2) is 9.55 Å². The predicted octanol–water partition coefficient (Wildman–Crippen LogP) is 2.64. The molecule has 3 rings (SSSR count). The van der Waals surface area contributed by atoms with E-state index in [0.717, 1.165) is 24.2 Å². The Morgan fingerprint density at radius 3 is 2.95 bits per heavy atom. The molecule has 2 heterocycles. The van der Waals surface area contributed by atoms with E-state index >= 15 is 0 Å². The molecule has 2 aromatic rings. The first kappa shape index (κ1) is 13.0. The van der Waals surface area contributed by atoms with Gasteiger partial charge in [-0.2, -0.15) is 4.91 Å². The molecular weight excluding hydrogens is 254 g/mol. The Kier molecular flexibility index (Phi) is 2.92. The van der Waals surface area contributed by atoms with Crippen LogP contribution in [0.25, 0.3) is 10.9 Å². The summed E-state index contributed by atoms with van der Waals surface area (Å²) in [7, 11) is 0. The molecule has 1 aromatic carbocycles. The van der Waals surface area contributed by atoms with Crippen molar-refractivity contribution in [3.8, 4) is 0 Å². The number of aryl methyl sites for hydroxylation is 1. The van der Waals surface area contributed by atoms with E-state index in [-0.39, 0.29) is 17.5 Å². The smallest absolute Gasteiger partial charge is 0.261 e. The minimum absolute atomic E-state index is 0.0170. The lowest BCUT2D eigenvalue weighted by atomic mass is 9.85. The predicted molar refractivity (Wildman–Crippen MR) is 77.6 cm³/mol. The minimum atomic E-state index is 0.0170. The lowest BCUT2D eigenvalue weighted by molar-refractivity contribution is 0.240. The van der Waals surface area contributed by atoms with E-state index in [0.29, 0.717) is 17.4 Å². The van der Waals surface area contributed by atoms with Gasteiger partial charge in [-0.25, -0.2) is 4.98 Å². The highest BCUT2D eigenvalue weighted by atomic mass is 16.3. The van der Waals surface area contributed by atoms with Gasteiger partial charge in [0.1, 0.15) is 12.4 Å². The SMILES string of the molecule is CC1(C)CCc2nc3cc(CN=O)ccc3c(=O)n2C1. The highest BCUT2D eigenvalue weighted by molar-refractivity contribution is 5.78. The highest BCUT2D eigenvalue weighted by Gasteiger charge is 2.27. The minimum Gasteiger partial charge on any atom is -0.296 e. The molecule has 0 saturated carbocycles. The van der Waals surface area contributed by atoms with Crippen LogP contribution < -0.4 is 5.56 Å². The molecule has 20 heavy (non-hydrogen) atoms. The van der Waals surface area contributed by atoms with E-state index in [4.69, 9.17) is 0 Å².